The molecule has 5 nitrogen and oxygen atoms in total. The molecule has 0 amide bonds. The molecule has 174 valence electrons. The fourth-order valence-corrected chi connectivity index (χ4v) is 4.23. The number of aliphatic hydroxyl groups excluding tert-OH is 1. The number of rotatable bonds is 10. The van der Waals surface area contributed by atoms with E-state index in [1.54, 1.807) is 19.9 Å². The molecule has 0 radical (unpaired) electrons. The second-order valence-electron chi connectivity index (χ2n) is 8.41. The van der Waals surface area contributed by atoms with Crippen LogP contribution in [0, 0.1) is 5.92 Å². The Morgan fingerprint density at radius 1 is 1.06 bits per heavy atom. The van der Waals surface area contributed by atoms with Gasteiger partial charge in [-0.15, -0.1) is 0 Å². The number of hydrogen-bond acceptors (Lipinski definition) is 5. The normalized spacial score (nSPS) is 17.0. The van der Waals surface area contributed by atoms with Gasteiger partial charge in [0.15, 0.2) is 5.78 Å². The van der Waals surface area contributed by atoms with E-state index in [1.807, 2.05) is 36.4 Å². The van der Waals surface area contributed by atoms with E-state index in [0.29, 0.717) is 0 Å². The topological polar surface area (TPSA) is 66.8 Å². The number of nitrogens with zero attached hydrogens (tertiary/aromatic N) is 1. The van der Waals surface area contributed by atoms with Crippen LogP contribution < -0.4 is 0 Å². The summed E-state index contributed by atoms with van der Waals surface area (Å²) in [5.41, 5.74) is 3.41. The van der Waals surface area contributed by atoms with Gasteiger partial charge in [-0.1, -0.05) is 67.6 Å². The Balaban J connectivity index is 1.74. The van der Waals surface area contributed by atoms with Gasteiger partial charge in [-0.2, -0.15) is 0 Å². The van der Waals surface area contributed by atoms with Crippen LogP contribution in [0.3, 0.4) is 0 Å². The maximum atomic E-state index is 12.9. The minimum absolute atomic E-state index is 0.0205. The number of allylic oxidation sites excluding steroid dienone is 2. The molecule has 1 saturated heterocycles. The number of esters is 1. The highest BCUT2D eigenvalue weighted by atomic mass is 16.5. The molecule has 3 rings (SSSR count). The van der Waals surface area contributed by atoms with Gasteiger partial charge in [0.2, 0.25) is 0 Å². The highest BCUT2D eigenvalue weighted by Gasteiger charge is 2.28. The van der Waals surface area contributed by atoms with Crippen molar-refractivity contribution in [2.24, 2.45) is 5.92 Å². The van der Waals surface area contributed by atoms with Gasteiger partial charge in [0.05, 0.1) is 18.8 Å². The van der Waals surface area contributed by atoms with Crippen molar-refractivity contribution in [3.05, 3.63) is 95.7 Å². The Kier molecular flexibility index (Phi) is 9.02. The lowest BCUT2D eigenvalue weighted by molar-refractivity contribution is -0.137. The van der Waals surface area contributed by atoms with E-state index in [9.17, 15) is 14.7 Å². The summed E-state index contributed by atoms with van der Waals surface area (Å²) in [4.78, 5) is 26.6. The summed E-state index contributed by atoms with van der Waals surface area (Å²) >= 11 is 0. The molecule has 5 heteroatoms. The minimum Gasteiger partial charge on any atom is -0.463 e. The summed E-state index contributed by atoms with van der Waals surface area (Å²) in [6.45, 7) is 4.70. The third-order valence-electron chi connectivity index (χ3n) is 5.89. The number of aliphatic hydroxyl groups is 1. The number of hydrogen-bond donors (Lipinski definition) is 1. The Morgan fingerprint density at radius 3 is 2.24 bits per heavy atom. The number of ether oxygens (including phenoxy) is 1. The molecule has 0 saturated carbocycles. The van der Waals surface area contributed by atoms with Crippen LogP contribution in [0.25, 0.3) is 0 Å². The number of carbonyl (C=O) groups is 2. The quantitative estimate of drug-likeness (QED) is 0.417. The van der Waals surface area contributed by atoms with Crippen LogP contribution >= 0.6 is 0 Å². The molecular formula is C28H33NO4. The predicted molar refractivity (Wildman–Crippen MR) is 129 cm³/mol. The molecule has 1 fully saturated rings. The lowest BCUT2D eigenvalue weighted by atomic mass is 9.96. The van der Waals surface area contributed by atoms with E-state index in [-0.39, 0.29) is 30.8 Å². The van der Waals surface area contributed by atoms with Crippen LogP contribution in [0.2, 0.25) is 0 Å². The third-order valence-corrected chi connectivity index (χ3v) is 5.89. The molecule has 1 heterocycles. The summed E-state index contributed by atoms with van der Waals surface area (Å²) in [6, 6.07) is 20.8. The molecule has 1 N–H and O–H groups in total. The molecule has 0 aromatic heterocycles. The van der Waals surface area contributed by atoms with Gasteiger partial charge in [-0.05, 0) is 42.9 Å². The second-order valence-corrected chi connectivity index (χ2v) is 8.41. The number of ketones is 1. The third kappa shape index (κ3) is 6.90. The fourth-order valence-electron chi connectivity index (χ4n) is 4.23. The number of likely N-dealkylation sites (tertiary alicyclic amines) is 1. The average molecular weight is 448 g/mol. The van der Waals surface area contributed by atoms with Gasteiger partial charge < -0.3 is 14.7 Å². The molecule has 1 aliphatic heterocycles. The van der Waals surface area contributed by atoms with Crippen molar-refractivity contribution in [1.82, 2.24) is 4.90 Å². The molecule has 2 atom stereocenters. The van der Waals surface area contributed by atoms with Crippen molar-refractivity contribution in [3.8, 4) is 0 Å². The zero-order chi connectivity index (χ0) is 23.6. The average Bonchev–Trinajstić information content (AvgIpc) is 3.26. The smallest absolute Gasteiger partial charge is 0.330 e. The molecule has 1 aliphatic rings. The standard InChI is InChI=1S/C28H33NO4/c1-3-33-27(32)17-16-26(31)21(2)19-25(30)20-24-15-10-18-29(24)28(22-11-6-4-7-12-22)23-13-8-5-9-14-23/h4-9,11-14,16-17,20-21,26,28,31H,3,10,15,18-19H2,1-2H3/b17-16+,24-20+/t21-,26+/m0/s1. The van der Waals surface area contributed by atoms with Gasteiger partial charge in [-0.25, -0.2) is 4.79 Å². The van der Waals surface area contributed by atoms with Crippen LogP contribution in [0.4, 0.5) is 0 Å². The lowest BCUT2D eigenvalue weighted by Crippen LogP contribution is -2.26. The fraction of sp³-hybridized carbons (Fsp3) is 0.357. The van der Waals surface area contributed by atoms with Crippen LogP contribution in [0.15, 0.2) is 84.6 Å². The van der Waals surface area contributed by atoms with Crippen molar-refractivity contribution >= 4 is 11.8 Å². The van der Waals surface area contributed by atoms with Gasteiger partial charge >= 0.3 is 5.97 Å². The summed E-state index contributed by atoms with van der Waals surface area (Å²) in [5.74, 6) is -0.826. The highest BCUT2D eigenvalue weighted by molar-refractivity contribution is 5.90. The van der Waals surface area contributed by atoms with E-state index < -0.39 is 12.1 Å². The molecule has 2 aromatic carbocycles. The van der Waals surface area contributed by atoms with Gasteiger partial charge in [-0.3, -0.25) is 4.79 Å². The predicted octanol–water partition coefficient (Wildman–Crippen LogP) is 4.83. The Morgan fingerprint density at radius 2 is 1.67 bits per heavy atom. The van der Waals surface area contributed by atoms with Crippen molar-refractivity contribution < 1.29 is 19.4 Å². The van der Waals surface area contributed by atoms with E-state index in [1.165, 1.54) is 23.3 Å². The maximum absolute atomic E-state index is 12.9. The molecule has 0 bridgehead atoms. The number of benzene rings is 2. The first-order chi connectivity index (χ1) is 16.0. The Labute approximate surface area is 196 Å². The monoisotopic (exact) mass is 447 g/mol. The Hall–Kier alpha value is -3.18. The molecule has 0 spiro atoms. The molecular weight excluding hydrogens is 414 g/mol. The summed E-state index contributed by atoms with van der Waals surface area (Å²) in [6.07, 6.45) is 5.51. The van der Waals surface area contributed by atoms with Crippen LogP contribution in [0.5, 0.6) is 0 Å². The SMILES string of the molecule is CCOC(=O)/C=C/[C@@H](O)[C@@H](C)CC(=O)/C=C1\CCCN1C(c1ccccc1)c1ccccc1. The highest BCUT2D eigenvalue weighted by Crippen LogP contribution is 2.36. The van der Waals surface area contributed by atoms with E-state index in [4.69, 9.17) is 4.74 Å². The second kappa shape index (κ2) is 12.2. The van der Waals surface area contributed by atoms with E-state index >= 15 is 0 Å². The maximum Gasteiger partial charge on any atom is 0.330 e. The lowest BCUT2D eigenvalue weighted by Gasteiger charge is -2.32. The van der Waals surface area contributed by atoms with Crippen molar-refractivity contribution in [1.29, 1.82) is 0 Å². The van der Waals surface area contributed by atoms with E-state index in [0.717, 1.165) is 25.1 Å². The van der Waals surface area contributed by atoms with Gasteiger partial charge in [0.25, 0.3) is 0 Å². The molecule has 33 heavy (non-hydrogen) atoms. The Bertz CT molecular complexity index is 928. The number of carbonyl (C=O) groups excluding carboxylic acids is 2. The zero-order valence-corrected chi connectivity index (χ0v) is 19.4. The van der Waals surface area contributed by atoms with Gasteiger partial charge in [0, 0.05) is 30.8 Å². The van der Waals surface area contributed by atoms with Crippen LogP contribution in [-0.2, 0) is 14.3 Å². The molecule has 0 aliphatic carbocycles. The summed E-state index contributed by atoms with van der Waals surface area (Å²) in [7, 11) is 0. The zero-order valence-electron chi connectivity index (χ0n) is 19.4. The molecule has 2 aromatic rings. The first kappa shape index (κ1) is 24.5. The largest absolute Gasteiger partial charge is 0.463 e. The molecule has 0 unspecified atom stereocenters. The van der Waals surface area contributed by atoms with Crippen molar-refractivity contribution in [3.63, 3.8) is 0 Å². The minimum atomic E-state index is -0.891. The van der Waals surface area contributed by atoms with Crippen LogP contribution in [-0.4, -0.2) is 41.0 Å². The van der Waals surface area contributed by atoms with Crippen LogP contribution in [0.1, 0.15) is 50.3 Å². The van der Waals surface area contributed by atoms with Gasteiger partial charge in [0.1, 0.15) is 0 Å². The van der Waals surface area contributed by atoms with Crippen molar-refractivity contribution in [2.45, 2.75) is 45.3 Å². The summed E-state index contributed by atoms with van der Waals surface area (Å²) < 4.78 is 4.83. The first-order valence-electron chi connectivity index (χ1n) is 11.6. The first-order valence-corrected chi connectivity index (χ1v) is 11.6. The van der Waals surface area contributed by atoms with Crippen molar-refractivity contribution in [2.75, 3.05) is 13.2 Å². The van der Waals surface area contributed by atoms with E-state index in [2.05, 4.69) is 29.2 Å². The summed E-state index contributed by atoms with van der Waals surface area (Å²) in [5, 5.41) is 10.3.